The molecule has 2 aromatic carbocycles. The number of rotatable bonds is 3. The van der Waals surface area contributed by atoms with E-state index in [1.54, 1.807) is 6.92 Å². The van der Waals surface area contributed by atoms with Gasteiger partial charge < -0.3 is 15.4 Å². The van der Waals surface area contributed by atoms with Crippen molar-refractivity contribution in [3.63, 3.8) is 0 Å². The number of carbonyl (C=O) groups is 1. The summed E-state index contributed by atoms with van der Waals surface area (Å²) in [4.78, 5) is 14.8. The molecular weight excluding hydrogens is 404 g/mol. The fraction of sp³-hybridized carbons (Fsp3) is 0.316. The van der Waals surface area contributed by atoms with Gasteiger partial charge >= 0.3 is 0 Å². The molecule has 1 aliphatic heterocycles. The molecule has 3 rings (SSSR count). The summed E-state index contributed by atoms with van der Waals surface area (Å²) >= 11 is 3.43. The minimum Gasteiger partial charge on any atom is -0.370 e. The zero-order valence-electron chi connectivity index (χ0n) is 14.0. The summed E-state index contributed by atoms with van der Waals surface area (Å²) in [5.74, 6) is -0.0703. The lowest BCUT2D eigenvalue weighted by molar-refractivity contribution is -0.144. The van der Waals surface area contributed by atoms with Crippen LogP contribution in [0.15, 0.2) is 59.1 Å². The highest BCUT2D eigenvalue weighted by atomic mass is 79.9. The van der Waals surface area contributed by atoms with E-state index in [1.807, 2.05) is 59.5 Å². The lowest BCUT2D eigenvalue weighted by atomic mass is 9.91. The molecule has 0 radical (unpaired) electrons. The summed E-state index contributed by atoms with van der Waals surface area (Å²) in [7, 11) is 0. The number of halogens is 2. The van der Waals surface area contributed by atoms with Gasteiger partial charge in [0.1, 0.15) is 11.6 Å². The molecule has 4 nitrogen and oxygen atoms in total. The van der Waals surface area contributed by atoms with Crippen molar-refractivity contribution in [2.45, 2.75) is 18.6 Å². The van der Waals surface area contributed by atoms with E-state index in [4.69, 9.17) is 10.5 Å². The fourth-order valence-electron chi connectivity index (χ4n) is 2.95. The van der Waals surface area contributed by atoms with Crippen molar-refractivity contribution in [2.24, 2.45) is 5.73 Å². The average Bonchev–Trinajstić information content (AvgIpc) is 2.62. The summed E-state index contributed by atoms with van der Waals surface area (Å²) in [6, 6.07) is 17.5. The zero-order chi connectivity index (χ0) is 17.2. The number of nitrogens with two attached hydrogens (primary N) is 1. The largest absolute Gasteiger partial charge is 0.370 e. The van der Waals surface area contributed by atoms with Gasteiger partial charge in [-0.2, -0.15) is 0 Å². The molecule has 2 atom stereocenters. The number of morpholine rings is 1. The highest BCUT2D eigenvalue weighted by molar-refractivity contribution is 9.10. The maximum absolute atomic E-state index is 13.0. The van der Waals surface area contributed by atoms with Crippen molar-refractivity contribution in [3.05, 3.63) is 70.2 Å². The summed E-state index contributed by atoms with van der Waals surface area (Å²) in [5, 5.41) is 0. The van der Waals surface area contributed by atoms with Gasteiger partial charge in [0.25, 0.3) is 0 Å². The van der Waals surface area contributed by atoms with Crippen LogP contribution in [0.3, 0.4) is 0 Å². The van der Waals surface area contributed by atoms with Gasteiger partial charge in [0, 0.05) is 11.0 Å². The Hall–Kier alpha value is -1.40. The van der Waals surface area contributed by atoms with Crippen molar-refractivity contribution >= 4 is 34.2 Å². The van der Waals surface area contributed by atoms with Crippen LogP contribution < -0.4 is 5.73 Å². The number of hydrogen-bond acceptors (Lipinski definition) is 3. The van der Waals surface area contributed by atoms with Gasteiger partial charge in [-0.1, -0.05) is 58.4 Å². The third kappa shape index (κ3) is 4.42. The molecule has 2 unspecified atom stereocenters. The van der Waals surface area contributed by atoms with E-state index in [0.29, 0.717) is 19.7 Å². The van der Waals surface area contributed by atoms with Crippen molar-refractivity contribution in [1.82, 2.24) is 4.90 Å². The molecule has 0 aromatic heterocycles. The predicted octanol–water partition coefficient (Wildman–Crippen LogP) is 3.64. The first-order chi connectivity index (χ1) is 11.5. The van der Waals surface area contributed by atoms with Crippen LogP contribution in [0, 0.1) is 0 Å². The summed E-state index contributed by atoms with van der Waals surface area (Å²) < 4.78 is 6.87. The number of benzene rings is 2. The van der Waals surface area contributed by atoms with E-state index in [2.05, 4.69) is 15.9 Å². The van der Waals surface area contributed by atoms with Crippen molar-refractivity contribution < 1.29 is 9.53 Å². The van der Waals surface area contributed by atoms with Crippen LogP contribution >= 0.6 is 28.3 Å². The van der Waals surface area contributed by atoms with Crippen molar-refractivity contribution in [3.8, 4) is 0 Å². The Morgan fingerprint density at radius 2 is 1.84 bits per heavy atom. The first-order valence-electron chi connectivity index (χ1n) is 7.99. The van der Waals surface area contributed by atoms with Gasteiger partial charge in [-0.05, 0) is 30.2 Å². The number of amides is 1. The fourth-order valence-corrected chi connectivity index (χ4v) is 3.21. The minimum absolute atomic E-state index is 0. The van der Waals surface area contributed by atoms with E-state index < -0.39 is 5.54 Å². The van der Waals surface area contributed by atoms with Crippen LogP contribution in [0.1, 0.15) is 24.2 Å². The Morgan fingerprint density at radius 3 is 2.48 bits per heavy atom. The molecule has 1 fully saturated rings. The lowest BCUT2D eigenvalue weighted by Gasteiger charge is -2.37. The molecule has 0 saturated carbocycles. The van der Waals surface area contributed by atoms with Gasteiger partial charge in [0.05, 0.1) is 13.2 Å². The monoisotopic (exact) mass is 424 g/mol. The molecule has 6 heteroatoms. The van der Waals surface area contributed by atoms with Crippen molar-refractivity contribution in [1.29, 1.82) is 0 Å². The van der Waals surface area contributed by atoms with E-state index in [-0.39, 0.29) is 24.4 Å². The zero-order valence-corrected chi connectivity index (χ0v) is 16.4. The molecule has 0 spiro atoms. The number of ether oxygens (including phenoxy) is 1. The Balaban J connectivity index is 0.00000225. The normalized spacial score (nSPS) is 19.6. The van der Waals surface area contributed by atoms with Gasteiger partial charge in [-0.3, -0.25) is 4.79 Å². The van der Waals surface area contributed by atoms with Gasteiger partial charge in [0.15, 0.2) is 0 Å². The number of hydrogen-bond donors (Lipinski definition) is 1. The molecule has 134 valence electrons. The van der Waals surface area contributed by atoms with Crippen LogP contribution in [0.2, 0.25) is 0 Å². The van der Waals surface area contributed by atoms with Gasteiger partial charge in [-0.15, -0.1) is 12.4 Å². The first-order valence-corrected chi connectivity index (χ1v) is 8.78. The Labute approximate surface area is 162 Å². The number of carbonyl (C=O) groups excluding carboxylic acids is 1. The highest BCUT2D eigenvalue weighted by Gasteiger charge is 2.37. The minimum atomic E-state index is -1.04. The summed E-state index contributed by atoms with van der Waals surface area (Å²) in [6.07, 6.45) is -0.123. The second-order valence-corrected chi connectivity index (χ2v) is 7.15. The summed E-state index contributed by atoms with van der Waals surface area (Å²) in [6.45, 7) is 3.36. The molecule has 2 N–H and O–H groups in total. The van der Waals surface area contributed by atoms with Crippen LogP contribution in [-0.2, 0) is 15.1 Å². The Bertz CT molecular complexity index is 707. The first kappa shape index (κ1) is 19.9. The molecule has 1 heterocycles. The maximum atomic E-state index is 13.0. The van der Waals surface area contributed by atoms with E-state index in [9.17, 15) is 4.79 Å². The number of nitrogens with zero attached hydrogens (tertiary/aromatic N) is 1. The third-order valence-corrected chi connectivity index (χ3v) is 4.94. The predicted molar refractivity (Wildman–Crippen MR) is 105 cm³/mol. The van der Waals surface area contributed by atoms with E-state index in [0.717, 1.165) is 15.6 Å². The maximum Gasteiger partial charge on any atom is 0.247 e. The van der Waals surface area contributed by atoms with Gasteiger partial charge in [0.2, 0.25) is 5.91 Å². The molecule has 2 aromatic rings. The topological polar surface area (TPSA) is 55.6 Å². The standard InChI is InChI=1S/C19H21BrN2O2.ClH/c1-19(21,15-5-3-2-4-6-15)18(23)22-11-12-24-17(13-22)14-7-9-16(20)10-8-14;/h2-10,17H,11-13,21H2,1H3;1H. The van der Waals surface area contributed by atoms with E-state index >= 15 is 0 Å². The van der Waals surface area contributed by atoms with Crippen LogP contribution in [0.25, 0.3) is 0 Å². The smallest absolute Gasteiger partial charge is 0.247 e. The third-order valence-electron chi connectivity index (χ3n) is 4.41. The van der Waals surface area contributed by atoms with Crippen LogP contribution in [-0.4, -0.2) is 30.5 Å². The lowest BCUT2D eigenvalue weighted by Crippen LogP contribution is -2.54. The average molecular weight is 426 g/mol. The second-order valence-electron chi connectivity index (χ2n) is 6.23. The molecule has 0 aliphatic carbocycles. The molecule has 1 saturated heterocycles. The molecule has 0 bridgehead atoms. The molecule has 1 aliphatic rings. The SMILES string of the molecule is CC(N)(C(=O)N1CCOC(c2ccc(Br)cc2)C1)c1ccccc1.Cl. The van der Waals surface area contributed by atoms with E-state index in [1.165, 1.54) is 0 Å². The van der Waals surface area contributed by atoms with Crippen LogP contribution in [0.5, 0.6) is 0 Å². The Morgan fingerprint density at radius 1 is 1.20 bits per heavy atom. The summed E-state index contributed by atoms with van der Waals surface area (Å²) in [5.41, 5.74) is 7.22. The molecule has 25 heavy (non-hydrogen) atoms. The van der Waals surface area contributed by atoms with Crippen LogP contribution in [0.4, 0.5) is 0 Å². The second kappa shape index (κ2) is 8.32. The molecule has 1 amide bonds. The highest BCUT2D eigenvalue weighted by Crippen LogP contribution is 2.27. The quantitative estimate of drug-likeness (QED) is 0.817. The van der Waals surface area contributed by atoms with Crippen molar-refractivity contribution in [2.75, 3.05) is 19.7 Å². The Kier molecular flexibility index (Phi) is 6.63. The van der Waals surface area contributed by atoms with Gasteiger partial charge in [-0.25, -0.2) is 0 Å². The molecular formula is C19H22BrClN2O2.